The van der Waals surface area contributed by atoms with Crippen LogP contribution in [0.4, 0.5) is 5.69 Å². The van der Waals surface area contributed by atoms with Gasteiger partial charge in [-0.25, -0.2) is 0 Å². The first-order chi connectivity index (χ1) is 12.1. The Balaban J connectivity index is 1.74. The lowest BCUT2D eigenvalue weighted by molar-refractivity contribution is -0.147. The van der Waals surface area contributed by atoms with Gasteiger partial charge in [0.25, 0.3) is 5.91 Å². The van der Waals surface area contributed by atoms with Crippen molar-refractivity contribution in [3.8, 4) is 5.75 Å². The third-order valence-corrected chi connectivity index (χ3v) is 4.09. The van der Waals surface area contributed by atoms with Crippen molar-refractivity contribution >= 4 is 34.7 Å². The van der Waals surface area contributed by atoms with Gasteiger partial charge >= 0.3 is 5.97 Å². The summed E-state index contributed by atoms with van der Waals surface area (Å²) in [6.45, 7) is 1.91. The Labute approximate surface area is 149 Å². The zero-order valence-electron chi connectivity index (χ0n) is 13.8. The topological polar surface area (TPSA) is 81.7 Å². The van der Waals surface area contributed by atoms with Gasteiger partial charge in [0, 0.05) is 6.42 Å². The molecule has 1 aromatic carbocycles. The van der Waals surface area contributed by atoms with Gasteiger partial charge in [-0.05, 0) is 30.5 Å². The van der Waals surface area contributed by atoms with E-state index in [-0.39, 0.29) is 18.6 Å². The van der Waals surface area contributed by atoms with E-state index in [0.717, 1.165) is 0 Å². The molecule has 0 atom stereocenters. The summed E-state index contributed by atoms with van der Waals surface area (Å²) < 4.78 is 10.3. The maximum absolute atomic E-state index is 11.9. The van der Waals surface area contributed by atoms with Gasteiger partial charge in [-0.2, -0.15) is 0 Å². The summed E-state index contributed by atoms with van der Waals surface area (Å²) in [6.07, 6.45) is 0.00762. The molecule has 1 heterocycles. The second kappa shape index (κ2) is 9.58. The molecule has 132 valence electrons. The van der Waals surface area contributed by atoms with Crippen molar-refractivity contribution in [1.82, 2.24) is 0 Å². The quantitative estimate of drug-likeness (QED) is 0.547. The summed E-state index contributed by atoms with van der Waals surface area (Å²) in [6, 6.07) is 10.5. The highest BCUT2D eigenvalue weighted by atomic mass is 32.1. The highest BCUT2D eigenvalue weighted by Gasteiger charge is 2.13. The normalized spacial score (nSPS) is 10.1. The largest absolute Gasteiger partial charge is 0.492 e. The second-order valence-corrected chi connectivity index (χ2v) is 5.99. The Bertz CT molecular complexity index is 727. The van der Waals surface area contributed by atoms with Crippen LogP contribution in [0, 0.1) is 0 Å². The van der Waals surface area contributed by atoms with E-state index in [1.54, 1.807) is 41.8 Å². The van der Waals surface area contributed by atoms with Crippen LogP contribution in [0.1, 0.15) is 29.4 Å². The van der Waals surface area contributed by atoms with Crippen molar-refractivity contribution in [2.45, 2.75) is 19.8 Å². The molecular formula is C18H19NO5S. The van der Waals surface area contributed by atoms with Crippen LogP contribution in [0.2, 0.25) is 0 Å². The van der Waals surface area contributed by atoms with E-state index in [9.17, 15) is 14.4 Å². The van der Waals surface area contributed by atoms with Gasteiger partial charge in [0.15, 0.2) is 12.4 Å². The fourth-order valence-corrected chi connectivity index (χ4v) is 2.73. The molecule has 1 aromatic heterocycles. The predicted octanol–water partition coefficient (Wildman–Crippen LogP) is 3.29. The van der Waals surface area contributed by atoms with Crippen LogP contribution in [-0.2, 0) is 14.3 Å². The van der Waals surface area contributed by atoms with Gasteiger partial charge in [0.1, 0.15) is 5.75 Å². The van der Waals surface area contributed by atoms with Crippen LogP contribution in [0.5, 0.6) is 5.75 Å². The molecule has 0 saturated carbocycles. The molecular weight excluding hydrogens is 342 g/mol. The average molecular weight is 361 g/mol. The molecule has 0 fully saturated rings. The number of ketones is 1. The first-order valence-corrected chi connectivity index (χ1v) is 8.72. The predicted molar refractivity (Wildman–Crippen MR) is 95.1 cm³/mol. The maximum atomic E-state index is 11.9. The molecule has 0 bridgehead atoms. The van der Waals surface area contributed by atoms with Crippen molar-refractivity contribution in [2.24, 2.45) is 0 Å². The number of para-hydroxylation sites is 2. The van der Waals surface area contributed by atoms with E-state index >= 15 is 0 Å². The molecule has 0 unspecified atom stereocenters. The molecule has 0 aliphatic rings. The highest BCUT2D eigenvalue weighted by molar-refractivity contribution is 7.12. The number of ether oxygens (including phenoxy) is 2. The van der Waals surface area contributed by atoms with Crippen molar-refractivity contribution in [1.29, 1.82) is 0 Å². The van der Waals surface area contributed by atoms with Crippen LogP contribution < -0.4 is 10.1 Å². The SMILES string of the molecule is CCOc1ccccc1NC(=O)COC(=O)CCC(=O)c1cccs1. The molecule has 2 rings (SSSR count). The monoisotopic (exact) mass is 361 g/mol. The van der Waals surface area contributed by atoms with Crippen molar-refractivity contribution < 1.29 is 23.9 Å². The Morgan fingerprint density at radius 3 is 2.60 bits per heavy atom. The van der Waals surface area contributed by atoms with Gasteiger partial charge in [0.2, 0.25) is 0 Å². The third-order valence-electron chi connectivity index (χ3n) is 3.18. The Kier molecular flexibility index (Phi) is 7.16. The summed E-state index contributed by atoms with van der Waals surface area (Å²) in [5.41, 5.74) is 0.512. The van der Waals surface area contributed by atoms with Gasteiger partial charge in [-0.1, -0.05) is 18.2 Å². The van der Waals surface area contributed by atoms with E-state index in [1.807, 2.05) is 6.92 Å². The molecule has 1 N–H and O–H groups in total. The summed E-state index contributed by atoms with van der Waals surface area (Å²) in [5.74, 6) is -0.614. The van der Waals surface area contributed by atoms with Crippen LogP contribution in [-0.4, -0.2) is 30.9 Å². The van der Waals surface area contributed by atoms with Crippen molar-refractivity contribution in [2.75, 3.05) is 18.5 Å². The van der Waals surface area contributed by atoms with Crippen molar-refractivity contribution in [3.63, 3.8) is 0 Å². The number of anilines is 1. The number of amides is 1. The maximum Gasteiger partial charge on any atom is 0.306 e. The number of hydrogen-bond donors (Lipinski definition) is 1. The van der Waals surface area contributed by atoms with Gasteiger partial charge in [0.05, 0.1) is 23.6 Å². The van der Waals surface area contributed by atoms with Crippen LogP contribution in [0.15, 0.2) is 41.8 Å². The molecule has 2 aromatic rings. The molecule has 0 aliphatic carbocycles. The average Bonchev–Trinajstić information content (AvgIpc) is 3.14. The lowest BCUT2D eigenvalue weighted by atomic mass is 10.2. The first kappa shape index (κ1) is 18.7. The van der Waals surface area contributed by atoms with E-state index < -0.39 is 18.5 Å². The lowest BCUT2D eigenvalue weighted by Crippen LogP contribution is -2.21. The Hall–Kier alpha value is -2.67. The second-order valence-electron chi connectivity index (χ2n) is 5.04. The Morgan fingerprint density at radius 2 is 1.88 bits per heavy atom. The molecule has 0 radical (unpaired) electrons. The lowest BCUT2D eigenvalue weighted by Gasteiger charge is -2.11. The number of hydrogen-bond acceptors (Lipinski definition) is 6. The van der Waals surface area contributed by atoms with E-state index in [0.29, 0.717) is 22.9 Å². The number of benzene rings is 1. The smallest absolute Gasteiger partial charge is 0.306 e. The van der Waals surface area contributed by atoms with Crippen LogP contribution >= 0.6 is 11.3 Å². The number of nitrogens with one attached hydrogen (secondary N) is 1. The summed E-state index contributed by atoms with van der Waals surface area (Å²) in [4.78, 5) is 36.0. The standard InChI is InChI=1S/C18H19NO5S/c1-2-23-15-7-4-3-6-13(15)19-17(21)12-24-18(22)10-9-14(20)16-8-5-11-25-16/h3-8,11H,2,9-10,12H2,1H3,(H,19,21). The zero-order valence-corrected chi connectivity index (χ0v) is 14.6. The van der Waals surface area contributed by atoms with Gasteiger partial charge in [-0.3, -0.25) is 14.4 Å². The molecule has 0 aliphatic heterocycles. The van der Waals surface area contributed by atoms with Crippen LogP contribution in [0.25, 0.3) is 0 Å². The van der Waals surface area contributed by atoms with E-state index in [4.69, 9.17) is 9.47 Å². The minimum atomic E-state index is -0.585. The fraction of sp³-hybridized carbons (Fsp3) is 0.278. The molecule has 6 nitrogen and oxygen atoms in total. The summed E-state index contributed by atoms with van der Waals surface area (Å²) in [5, 5.41) is 4.43. The minimum Gasteiger partial charge on any atom is -0.492 e. The molecule has 1 amide bonds. The number of esters is 1. The minimum absolute atomic E-state index is 0.0560. The van der Waals surface area contributed by atoms with E-state index in [2.05, 4.69) is 5.32 Å². The van der Waals surface area contributed by atoms with E-state index in [1.165, 1.54) is 11.3 Å². The number of Topliss-reactive ketones (excluding diaryl/α,β-unsaturated/α-hetero) is 1. The highest BCUT2D eigenvalue weighted by Crippen LogP contribution is 2.23. The summed E-state index contributed by atoms with van der Waals surface area (Å²) >= 11 is 1.33. The van der Waals surface area contributed by atoms with Crippen molar-refractivity contribution in [3.05, 3.63) is 46.7 Å². The zero-order chi connectivity index (χ0) is 18.1. The Morgan fingerprint density at radius 1 is 1.08 bits per heavy atom. The van der Waals surface area contributed by atoms with Crippen LogP contribution in [0.3, 0.4) is 0 Å². The molecule has 25 heavy (non-hydrogen) atoms. The first-order valence-electron chi connectivity index (χ1n) is 7.84. The number of carbonyl (C=O) groups excluding carboxylic acids is 3. The number of rotatable bonds is 9. The fourth-order valence-electron chi connectivity index (χ4n) is 2.03. The number of thiophene rings is 1. The van der Waals surface area contributed by atoms with Gasteiger partial charge < -0.3 is 14.8 Å². The molecule has 0 spiro atoms. The molecule has 7 heteroatoms. The summed E-state index contributed by atoms with van der Waals surface area (Å²) in [7, 11) is 0. The molecule has 0 saturated heterocycles. The number of carbonyl (C=O) groups is 3. The van der Waals surface area contributed by atoms with Gasteiger partial charge in [-0.15, -0.1) is 11.3 Å². The third kappa shape index (κ3) is 6.04.